The molecular weight excluding hydrogens is 426 g/mol. The van der Waals surface area contributed by atoms with E-state index in [0.717, 1.165) is 52.6 Å². The number of amides is 1. The number of fused-ring (bicyclic) bond motifs is 1. The summed E-state index contributed by atoms with van der Waals surface area (Å²) in [5.41, 5.74) is 1.89. The number of ether oxygens (including phenoxy) is 3. The van der Waals surface area contributed by atoms with Crippen molar-refractivity contribution >= 4 is 32.6 Å². The fourth-order valence-corrected chi connectivity index (χ4v) is 5.08. The number of piperidine rings is 1. The predicted octanol–water partition coefficient (Wildman–Crippen LogP) is 4.25. The number of carbonyl (C=O) groups excluding carboxylic acids is 1. The number of para-hydroxylation sites is 1. The van der Waals surface area contributed by atoms with Crippen molar-refractivity contribution in [3.63, 3.8) is 0 Å². The van der Waals surface area contributed by atoms with Gasteiger partial charge in [-0.2, -0.15) is 0 Å². The van der Waals surface area contributed by atoms with Crippen molar-refractivity contribution in [2.75, 3.05) is 38.8 Å². The van der Waals surface area contributed by atoms with E-state index in [9.17, 15) is 4.79 Å². The molecule has 2 aromatic carbocycles. The van der Waals surface area contributed by atoms with Gasteiger partial charge in [-0.1, -0.05) is 23.5 Å². The third-order valence-corrected chi connectivity index (χ3v) is 6.81. The van der Waals surface area contributed by atoms with E-state index >= 15 is 0 Å². The summed E-state index contributed by atoms with van der Waals surface area (Å²) in [5, 5.41) is 4.08. The Morgan fingerprint density at radius 2 is 2.00 bits per heavy atom. The predicted molar refractivity (Wildman–Crippen MR) is 127 cm³/mol. The minimum atomic E-state index is 0.00166. The first-order valence-electron chi connectivity index (χ1n) is 10.9. The van der Waals surface area contributed by atoms with Crippen LogP contribution < -0.4 is 24.4 Å². The zero-order chi connectivity index (χ0) is 22.5. The maximum atomic E-state index is 12.8. The number of benzene rings is 2. The lowest BCUT2D eigenvalue weighted by Crippen LogP contribution is -2.40. The van der Waals surface area contributed by atoms with Gasteiger partial charge in [-0.05, 0) is 44.0 Å². The van der Waals surface area contributed by atoms with E-state index in [1.807, 2.05) is 43.3 Å². The molecule has 1 N–H and O–H groups in total. The molecule has 32 heavy (non-hydrogen) atoms. The van der Waals surface area contributed by atoms with Crippen molar-refractivity contribution < 1.29 is 19.0 Å². The molecule has 1 aliphatic heterocycles. The Labute approximate surface area is 192 Å². The molecule has 0 unspecified atom stereocenters. The normalized spacial score (nSPS) is 14.4. The highest BCUT2D eigenvalue weighted by molar-refractivity contribution is 7.22. The lowest BCUT2D eigenvalue weighted by atomic mass is 9.96. The van der Waals surface area contributed by atoms with Gasteiger partial charge in [-0.3, -0.25) is 4.79 Å². The summed E-state index contributed by atoms with van der Waals surface area (Å²) in [6.07, 6.45) is 1.61. The number of nitrogens with zero attached hydrogens (tertiary/aromatic N) is 2. The van der Waals surface area contributed by atoms with E-state index in [0.29, 0.717) is 24.7 Å². The summed E-state index contributed by atoms with van der Waals surface area (Å²) in [6.45, 7) is 4.68. The monoisotopic (exact) mass is 455 g/mol. The summed E-state index contributed by atoms with van der Waals surface area (Å²) in [7, 11) is 3.22. The van der Waals surface area contributed by atoms with E-state index in [1.165, 1.54) is 0 Å². The summed E-state index contributed by atoms with van der Waals surface area (Å²) in [6, 6.07) is 11.7. The van der Waals surface area contributed by atoms with Gasteiger partial charge in [0.25, 0.3) is 0 Å². The molecule has 0 aliphatic carbocycles. The fraction of sp³-hybridized carbons (Fsp3) is 0.417. The number of carbonyl (C=O) groups is 1. The first-order valence-corrected chi connectivity index (χ1v) is 11.7. The maximum absolute atomic E-state index is 12.8. The standard InChI is InChI=1S/C24H29N3O4S/c1-4-31-18-8-9-19-21(14-18)32-24(26-19)27-12-10-16(11-13-27)23(28)25-15-17-6-5-7-20(29-2)22(17)30-3/h5-9,14,16H,4,10-13,15H2,1-3H3,(H,25,28). The maximum Gasteiger partial charge on any atom is 0.223 e. The Kier molecular flexibility index (Phi) is 6.99. The van der Waals surface area contributed by atoms with Crippen LogP contribution in [0.2, 0.25) is 0 Å². The topological polar surface area (TPSA) is 72.9 Å². The van der Waals surface area contributed by atoms with E-state index in [1.54, 1.807) is 25.6 Å². The molecule has 170 valence electrons. The Hall–Kier alpha value is -3.00. The van der Waals surface area contributed by atoms with Gasteiger partial charge in [0.2, 0.25) is 5.91 Å². The molecule has 8 heteroatoms. The highest BCUT2D eigenvalue weighted by atomic mass is 32.1. The minimum Gasteiger partial charge on any atom is -0.494 e. The van der Waals surface area contributed by atoms with Crippen molar-refractivity contribution in [1.29, 1.82) is 0 Å². The number of anilines is 1. The molecule has 0 bridgehead atoms. The molecule has 0 spiro atoms. The smallest absolute Gasteiger partial charge is 0.223 e. The first kappa shape index (κ1) is 22.2. The number of methoxy groups -OCH3 is 2. The molecule has 1 fully saturated rings. The zero-order valence-corrected chi connectivity index (χ0v) is 19.5. The molecule has 7 nitrogen and oxygen atoms in total. The first-order chi connectivity index (χ1) is 15.6. The second-order valence-corrected chi connectivity index (χ2v) is 8.70. The Morgan fingerprint density at radius 3 is 2.72 bits per heavy atom. The second-order valence-electron chi connectivity index (χ2n) is 7.69. The second kappa shape index (κ2) is 10.1. The van der Waals surface area contributed by atoms with E-state index in [4.69, 9.17) is 19.2 Å². The average molecular weight is 456 g/mol. The molecule has 1 aliphatic rings. The van der Waals surface area contributed by atoms with Gasteiger partial charge in [-0.15, -0.1) is 0 Å². The van der Waals surface area contributed by atoms with Crippen LogP contribution >= 0.6 is 11.3 Å². The number of hydrogen-bond acceptors (Lipinski definition) is 7. The van der Waals surface area contributed by atoms with Crippen LogP contribution in [-0.4, -0.2) is 44.8 Å². The molecule has 0 atom stereocenters. The largest absolute Gasteiger partial charge is 0.494 e. The molecule has 1 aromatic heterocycles. The van der Waals surface area contributed by atoms with Crippen LogP contribution in [0.15, 0.2) is 36.4 Å². The molecular formula is C24H29N3O4S. The van der Waals surface area contributed by atoms with Crippen LogP contribution in [0.3, 0.4) is 0 Å². The zero-order valence-electron chi connectivity index (χ0n) is 18.7. The summed E-state index contributed by atoms with van der Waals surface area (Å²) >= 11 is 1.68. The SMILES string of the molecule is CCOc1ccc2nc(N3CCC(C(=O)NCc4cccc(OC)c4OC)CC3)sc2c1. The summed E-state index contributed by atoms with van der Waals surface area (Å²) in [4.78, 5) is 19.8. The van der Waals surface area contributed by atoms with Crippen molar-refractivity contribution in [3.05, 3.63) is 42.0 Å². The van der Waals surface area contributed by atoms with Crippen LogP contribution in [0.25, 0.3) is 10.2 Å². The Balaban J connectivity index is 1.34. The fourth-order valence-electron chi connectivity index (χ4n) is 4.04. The van der Waals surface area contributed by atoms with Gasteiger partial charge in [0.05, 0.1) is 31.0 Å². The van der Waals surface area contributed by atoms with Gasteiger partial charge in [0.1, 0.15) is 5.75 Å². The van der Waals surface area contributed by atoms with Crippen LogP contribution in [0.5, 0.6) is 17.2 Å². The molecule has 2 heterocycles. The van der Waals surface area contributed by atoms with Crippen molar-refractivity contribution in [2.24, 2.45) is 5.92 Å². The summed E-state index contributed by atoms with van der Waals surface area (Å²) < 4.78 is 17.5. The van der Waals surface area contributed by atoms with Crippen LogP contribution in [0, 0.1) is 5.92 Å². The van der Waals surface area contributed by atoms with E-state index < -0.39 is 0 Å². The van der Waals surface area contributed by atoms with Crippen LogP contribution in [-0.2, 0) is 11.3 Å². The van der Waals surface area contributed by atoms with Crippen LogP contribution in [0.4, 0.5) is 5.13 Å². The lowest BCUT2D eigenvalue weighted by Gasteiger charge is -2.31. The van der Waals surface area contributed by atoms with Gasteiger partial charge in [-0.25, -0.2) is 4.98 Å². The number of nitrogens with one attached hydrogen (secondary N) is 1. The average Bonchev–Trinajstić information content (AvgIpc) is 3.26. The van der Waals surface area contributed by atoms with E-state index in [2.05, 4.69) is 10.2 Å². The highest BCUT2D eigenvalue weighted by Gasteiger charge is 2.26. The third kappa shape index (κ3) is 4.75. The molecule has 0 radical (unpaired) electrons. The van der Waals surface area contributed by atoms with Crippen molar-refractivity contribution in [2.45, 2.75) is 26.3 Å². The third-order valence-electron chi connectivity index (χ3n) is 5.73. The van der Waals surface area contributed by atoms with E-state index in [-0.39, 0.29) is 11.8 Å². The van der Waals surface area contributed by atoms with Gasteiger partial charge >= 0.3 is 0 Å². The number of hydrogen-bond donors (Lipinski definition) is 1. The number of aromatic nitrogens is 1. The Morgan fingerprint density at radius 1 is 1.19 bits per heavy atom. The van der Waals surface area contributed by atoms with Crippen molar-refractivity contribution in [1.82, 2.24) is 10.3 Å². The molecule has 1 amide bonds. The van der Waals surface area contributed by atoms with Crippen molar-refractivity contribution in [3.8, 4) is 17.2 Å². The molecule has 1 saturated heterocycles. The summed E-state index contributed by atoms with van der Waals surface area (Å²) in [5.74, 6) is 2.28. The highest BCUT2D eigenvalue weighted by Crippen LogP contribution is 2.34. The number of thiazole rings is 1. The molecule has 0 saturated carbocycles. The molecule has 3 aromatic rings. The minimum absolute atomic E-state index is 0.00166. The quantitative estimate of drug-likeness (QED) is 0.548. The number of rotatable bonds is 8. The lowest BCUT2D eigenvalue weighted by molar-refractivity contribution is -0.125. The van der Waals surface area contributed by atoms with Gasteiger partial charge in [0.15, 0.2) is 16.6 Å². The molecule has 4 rings (SSSR count). The van der Waals surface area contributed by atoms with Crippen LogP contribution in [0.1, 0.15) is 25.3 Å². The Bertz CT molecular complexity index is 1080. The van der Waals surface area contributed by atoms with Gasteiger partial charge < -0.3 is 24.4 Å². The van der Waals surface area contributed by atoms with Gasteiger partial charge in [0, 0.05) is 31.1 Å².